The zero-order valence-corrected chi connectivity index (χ0v) is 6.47. The van der Waals surface area contributed by atoms with E-state index in [1.165, 1.54) is 25.7 Å². The molecule has 3 N–H and O–H groups in total. The predicted octanol–water partition coefficient (Wildman–Crippen LogP) is 1.23. The van der Waals surface area contributed by atoms with Crippen molar-refractivity contribution < 1.29 is 5.73 Å². The molecule has 2 heteroatoms. The Bertz CT molecular complexity index is 27.7. The van der Waals surface area contributed by atoms with Crippen LogP contribution in [0.1, 0.15) is 32.6 Å². The molecule has 0 heterocycles. The van der Waals surface area contributed by atoms with E-state index in [0.717, 1.165) is 6.54 Å². The van der Waals surface area contributed by atoms with E-state index in [1.807, 2.05) is 0 Å². The number of unbranched alkanes of at least 4 members (excludes halogenated alkanes) is 3. The molecule has 0 rings (SSSR count). The predicted molar refractivity (Wildman–Crippen MR) is 39.1 cm³/mol. The van der Waals surface area contributed by atoms with Crippen LogP contribution in [0.5, 0.6) is 0 Å². The van der Waals surface area contributed by atoms with E-state index in [2.05, 4.69) is 12.7 Å². The van der Waals surface area contributed by atoms with Gasteiger partial charge in [-0.2, -0.15) is 0 Å². The van der Waals surface area contributed by atoms with E-state index in [9.17, 15) is 0 Å². The minimum Gasteiger partial charge on any atom is -0.358 e. The SMILES string of the molecule is CCCCCC[NH3+].Cl. The maximum Gasteiger partial charge on any atom is 0.0739 e. The Morgan fingerprint density at radius 3 is 2.12 bits per heavy atom. The molecule has 0 fully saturated rings. The molecule has 52 valence electrons. The molecule has 0 aliphatic heterocycles. The topological polar surface area (TPSA) is 27.6 Å². The third kappa shape index (κ3) is 9.54. The zero-order chi connectivity index (χ0) is 5.54. The first kappa shape index (κ1) is 11.1. The normalized spacial score (nSPS) is 8.25. The average Bonchev–Trinajstić information content (AvgIpc) is 1.69. The van der Waals surface area contributed by atoms with Gasteiger partial charge in [-0.1, -0.05) is 19.8 Å². The van der Waals surface area contributed by atoms with Gasteiger partial charge >= 0.3 is 0 Å². The summed E-state index contributed by atoms with van der Waals surface area (Å²) in [7, 11) is 0. The Balaban J connectivity index is 0. The van der Waals surface area contributed by atoms with Crippen molar-refractivity contribution >= 4 is 12.4 Å². The monoisotopic (exact) mass is 138 g/mol. The number of hydrogen-bond donors (Lipinski definition) is 1. The fourth-order valence-corrected chi connectivity index (χ4v) is 0.604. The fraction of sp³-hybridized carbons (Fsp3) is 1.00. The molecule has 0 aromatic rings. The van der Waals surface area contributed by atoms with E-state index in [1.54, 1.807) is 0 Å². The molecule has 0 unspecified atom stereocenters. The Hall–Kier alpha value is 0.250. The van der Waals surface area contributed by atoms with E-state index < -0.39 is 0 Å². The molecule has 0 amide bonds. The highest BCUT2D eigenvalue weighted by Crippen LogP contribution is 1.94. The molecule has 0 aliphatic rings. The second-order valence-corrected chi connectivity index (χ2v) is 1.91. The maximum absolute atomic E-state index is 3.76. The van der Waals surface area contributed by atoms with Crippen molar-refractivity contribution in [3.63, 3.8) is 0 Å². The lowest BCUT2D eigenvalue weighted by Gasteiger charge is -1.89. The van der Waals surface area contributed by atoms with E-state index in [-0.39, 0.29) is 12.4 Å². The first-order chi connectivity index (χ1) is 3.41. The molecule has 0 spiro atoms. The minimum absolute atomic E-state index is 0. The average molecular weight is 139 g/mol. The Morgan fingerprint density at radius 1 is 1.12 bits per heavy atom. The summed E-state index contributed by atoms with van der Waals surface area (Å²) in [5.41, 5.74) is 3.76. The standard InChI is InChI=1S/C6H15N.ClH/c1-2-3-4-5-6-7;/h2-7H2,1H3;1H/p+1. The highest BCUT2D eigenvalue weighted by molar-refractivity contribution is 5.85. The first-order valence-corrected chi connectivity index (χ1v) is 3.21. The van der Waals surface area contributed by atoms with Crippen molar-refractivity contribution in [3.05, 3.63) is 0 Å². The van der Waals surface area contributed by atoms with Crippen LogP contribution in [0.4, 0.5) is 0 Å². The molecular formula is C6H17ClN+. The number of quaternary nitrogens is 1. The lowest BCUT2D eigenvalue weighted by Crippen LogP contribution is -2.50. The summed E-state index contributed by atoms with van der Waals surface area (Å²) < 4.78 is 0. The summed E-state index contributed by atoms with van der Waals surface area (Å²) in [6.07, 6.45) is 5.41. The van der Waals surface area contributed by atoms with Gasteiger partial charge in [0.2, 0.25) is 0 Å². The van der Waals surface area contributed by atoms with Gasteiger partial charge in [0.1, 0.15) is 0 Å². The summed E-state index contributed by atoms with van der Waals surface area (Å²) in [5.74, 6) is 0. The summed E-state index contributed by atoms with van der Waals surface area (Å²) in [6.45, 7) is 3.34. The highest BCUT2D eigenvalue weighted by atomic mass is 35.5. The molecule has 0 radical (unpaired) electrons. The molecule has 1 nitrogen and oxygen atoms in total. The van der Waals surface area contributed by atoms with E-state index in [0.29, 0.717) is 0 Å². The van der Waals surface area contributed by atoms with Crippen LogP contribution in [0.2, 0.25) is 0 Å². The third-order valence-corrected chi connectivity index (χ3v) is 1.10. The van der Waals surface area contributed by atoms with Crippen molar-refractivity contribution in [1.29, 1.82) is 0 Å². The van der Waals surface area contributed by atoms with E-state index >= 15 is 0 Å². The van der Waals surface area contributed by atoms with Crippen molar-refractivity contribution in [2.75, 3.05) is 6.54 Å². The molecule has 0 saturated heterocycles. The molecule has 8 heavy (non-hydrogen) atoms. The van der Waals surface area contributed by atoms with Crippen molar-refractivity contribution in [2.24, 2.45) is 0 Å². The van der Waals surface area contributed by atoms with Crippen LogP contribution < -0.4 is 5.73 Å². The summed E-state index contributed by atoms with van der Waals surface area (Å²) in [5, 5.41) is 0. The van der Waals surface area contributed by atoms with Crippen LogP contribution in [0, 0.1) is 0 Å². The molecular weight excluding hydrogens is 122 g/mol. The van der Waals surface area contributed by atoms with Gasteiger partial charge in [0.05, 0.1) is 6.54 Å². The van der Waals surface area contributed by atoms with Crippen LogP contribution in [0.25, 0.3) is 0 Å². The van der Waals surface area contributed by atoms with Crippen LogP contribution >= 0.6 is 12.4 Å². The molecule has 0 bridgehead atoms. The van der Waals surface area contributed by atoms with Crippen molar-refractivity contribution in [2.45, 2.75) is 32.6 Å². The van der Waals surface area contributed by atoms with Gasteiger partial charge < -0.3 is 5.73 Å². The van der Waals surface area contributed by atoms with Gasteiger partial charge in [0, 0.05) is 0 Å². The Labute approximate surface area is 58.1 Å². The van der Waals surface area contributed by atoms with Gasteiger partial charge in [0.15, 0.2) is 0 Å². The number of hydrogen-bond acceptors (Lipinski definition) is 0. The van der Waals surface area contributed by atoms with Crippen molar-refractivity contribution in [1.82, 2.24) is 0 Å². The Morgan fingerprint density at radius 2 is 1.75 bits per heavy atom. The molecule has 0 aliphatic carbocycles. The first-order valence-electron chi connectivity index (χ1n) is 3.21. The molecule has 0 aromatic carbocycles. The lowest BCUT2D eigenvalue weighted by molar-refractivity contribution is -0.368. The highest BCUT2D eigenvalue weighted by Gasteiger charge is 1.82. The summed E-state index contributed by atoms with van der Waals surface area (Å²) in [6, 6.07) is 0. The smallest absolute Gasteiger partial charge is 0.0739 e. The van der Waals surface area contributed by atoms with Gasteiger partial charge in [-0.05, 0) is 12.8 Å². The minimum atomic E-state index is 0. The van der Waals surface area contributed by atoms with Crippen LogP contribution in [0.3, 0.4) is 0 Å². The second kappa shape index (κ2) is 10.3. The Kier molecular flexibility index (Phi) is 14.3. The largest absolute Gasteiger partial charge is 0.358 e. The van der Waals surface area contributed by atoms with Gasteiger partial charge in [-0.25, -0.2) is 0 Å². The fourth-order valence-electron chi connectivity index (χ4n) is 0.604. The van der Waals surface area contributed by atoms with Gasteiger partial charge in [-0.3, -0.25) is 0 Å². The lowest BCUT2D eigenvalue weighted by atomic mass is 10.2. The number of halogens is 1. The van der Waals surface area contributed by atoms with Gasteiger partial charge in [-0.15, -0.1) is 12.4 Å². The van der Waals surface area contributed by atoms with Crippen LogP contribution in [-0.2, 0) is 0 Å². The van der Waals surface area contributed by atoms with Gasteiger partial charge in [0.25, 0.3) is 0 Å². The summed E-state index contributed by atoms with van der Waals surface area (Å²) in [4.78, 5) is 0. The molecule has 0 saturated carbocycles. The maximum atomic E-state index is 3.76. The summed E-state index contributed by atoms with van der Waals surface area (Å²) >= 11 is 0. The van der Waals surface area contributed by atoms with Crippen LogP contribution in [0.15, 0.2) is 0 Å². The molecule has 0 aromatic heterocycles. The third-order valence-electron chi connectivity index (χ3n) is 1.10. The quantitative estimate of drug-likeness (QED) is 0.566. The second-order valence-electron chi connectivity index (χ2n) is 1.91. The molecule has 0 atom stereocenters. The number of rotatable bonds is 4. The van der Waals surface area contributed by atoms with Crippen molar-refractivity contribution in [3.8, 4) is 0 Å². The van der Waals surface area contributed by atoms with E-state index in [4.69, 9.17) is 0 Å². The zero-order valence-electron chi connectivity index (χ0n) is 5.65. The van der Waals surface area contributed by atoms with Crippen LogP contribution in [-0.4, -0.2) is 6.54 Å².